The van der Waals surface area contributed by atoms with Crippen LogP contribution in [0.25, 0.3) is 0 Å². The van der Waals surface area contributed by atoms with Gasteiger partial charge in [0, 0.05) is 6.04 Å². The van der Waals surface area contributed by atoms with E-state index in [1.54, 1.807) is 0 Å². The Morgan fingerprint density at radius 2 is 1.64 bits per heavy atom. The van der Waals surface area contributed by atoms with E-state index in [9.17, 15) is 0 Å². The molecule has 2 N–H and O–H groups in total. The van der Waals surface area contributed by atoms with Crippen molar-refractivity contribution in [1.29, 1.82) is 0 Å². The largest absolute Gasteiger partial charge is 0.490 e. The lowest BCUT2D eigenvalue weighted by Crippen LogP contribution is -2.11. The van der Waals surface area contributed by atoms with Gasteiger partial charge in [0.05, 0.1) is 6.61 Å². The average molecular weight is 364 g/mol. The van der Waals surface area contributed by atoms with Crippen LogP contribution in [0.1, 0.15) is 50.8 Å². The number of rotatable bonds is 9. The molecule has 4 heteroatoms. The van der Waals surface area contributed by atoms with E-state index >= 15 is 0 Å². The summed E-state index contributed by atoms with van der Waals surface area (Å²) in [5.74, 6) is 2.20. The summed E-state index contributed by atoms with van der Waals surface area (Å²) in [7, 11) is 0. The van der Waals surface area contributed by atoms with E-state index in [0.717, 1.165) is 35.5 Å². The molecule has 2 rings (SSSR count). The van der Waals surface area contributed by atoms with Crippen LogP contribution >= 0.6 is 12.4 Å². The third-order valence-corrected chi connectivity index (χ3v) is 3.99. The summed E-state index contributed by atoms with van der Waals surface area (Å²) in [6, 6.07) is 16.2. The third-order valence-electron chi connectivity index (χ3n) is 3.99. The fourth-order valence-corrected chi connectivity index (χ4v) is 2.56. The molecular weight excluding hydrogens is 334 g/mol. The molecule has 0 amide bonds. The molecule has 0 aliphatic carbocycles. The molecule has 25 heavy (non-hydrogen) atoms. The Morgan fingerprint density at radius 3 is 2.28 bits per heavy atom. The summed E-state index contributed by atoms with van der Waals surface area (Å²) >= 11 is 0. The highest BCUT2D eigenvalue weighted by Crippen LogP contribution is 2.32. The molecule has 3 nitrogen and oxygen atoms in total. The van der Waals surface area contributed by atoms with Gasteiger partial charge in [0.2, 0.25) is 0 Å². The van der Waals surface area contributed by atoms with Gasteiger partial charge >= 0.3 is 0 Å². The predicted octanol–water partition coefficient (Wildman–Crippen LogP) is 5.52. The van der Waals surface area contributed by atoms with Gasteiger partial charge in [-0.05, 0) is 48.9 Å². The van der Waals surface area contributed by atoms with E-state index in [1.807, 2.05) is 43.3 Å². The molecule has 2 aromatic rings. The Morgan fingerprint density at radius 1 is 0.920 bits per heavy atom. The third kappa shape index (κ3) is 6.97. The fourth-order valence-electron chi connectivity index (χ4n) is 2.56. The van der Waals surface area contributed by atoms with Gasteiger partial charge in [-0.1, -0.05) is 50.2 Å². The molecule has 0 aliphatic heterocycles. The average Bonchev–Trinajstić information content (AvgIpc) is 2.59. The van der Waals surface area contributed by atoms with Crippen molar-refractivity contribution >= 4 is 12.4 Å². The Balaban J connectivity index is 0.00000312. The molecule has 0 aliphatic rings. The second kappa shape index (κ2) is 11.0. The molecule has 0 bridgehead atoms. The topological polar surface area (TPSA) is 44.5 Å². The van der Waals surface area contributed by atoms with Crippen molar-refractivity contribution in [2.45, 2.75) is 46.3 Å². The smallest absolute Gasteiger partial charge is 0.161 e. The predicted molar refractivity (Wildman–Crippen MR) is 107 cm³/mol. The Labute approximate surface area is 157 Å². The standard InChI is InChI=1S/C21H29NO2.ClH/c1-4-23-21-14-18(19(22)12-10-16(2)3)11-13-20(21)24-15-17-8-6-5-7-9-17;/h5-9,11,13-14,16,19H,4,10,12,15,22H2,1-3H3;1H/t19-;/m1./s1. The van der Waals surface area contributed by atoms with Crippen molar-refractivity contribution in [2.24, 2.45) is 11.7 Å². The number of benzene rings is 2. The Kier molecular flexibility index (Phi) is 9.40. The van der Waals surface area contributed by atoms with E-state index in [2.05, 4.69) is 26.0 Å². The van der Waals surface area contributed by atoms with Gasteiger partial charge in [-0.15, -0.1) is 12.4 Å². The molecule has 138 valence electrons. The normalized spacial score (nSPS) is 11.7. The highest BCUT2D eigenvalue weighted by Gasteiger charge is 2.12. The monoisotopic (exact) mass is 363 g/mol. The maximum atomic E-state index is 6.33. The van der Waals surface area contributed by atoms with E-state index in [0.29, 0.717) is 19.1 Å². The lowest BCUT2D eigenvalue weighted by atomic mass is 9.98. The van der Waals surface area contributed by atoms with Crippen LogP contribution < -0.4 is 15.2 Å². The molecule has 0 heterocycles. The first-order valence-corrected chi connectivity index (χ1v) is 8.79. The van der Waals surface area contributed by atoms with Crippen LogP contribution in [-0.4, -0.2) is 6.61 Å². The Hall–Kier alpha value is -1.71. The maximum Gasteiger partial charge on any atom is 0.161 e. The molecule has 0 spiro atoms. The summed E-state index contributed by atoms with van der Waals surface area (Å²) in [6.07, 6.45) is 2.10. The molecule has 0 radical (unpaired) electrons. The maximum absolute atomic E-state index is 6.33. The summed E-state index contributed by atoms with van der Waals surface area (Å²) in [5, 5.41) is 0. The molecule has 1 atom stereocenters. The number of halogens is 1. The summed E-state index contributed by atoms with van der Waals surface area (Å²) < 4.78 is 11.7. The molecule has 0 saturated carbocycles. The Bertz CT molecular complexity index is 617. The van der Waals surface area contributed by atoms with Crippen molar-refractivity contribution in [3.63, 3.8) is 0 Å². The van der Waals surface area contributed by atoms with Crippen molar-refractivity contribution < 1.29 is 9.47 Å². The second-order valence-corrected chi connectivity index (χ2v) is 6.49. The van der Waals surface area contributed by atoms with Crippen molar-refractivity contribution in [1.82, 2.24) is 0 Å². The molecule has 0 aromatic heterocycles. The van der Waals surface area contributed by atoms with Gasteiger partial charge in [-0.3, -0.25) is 0 Å². The van der Waals surface area contributed by atoms with Crippen LogP contribution in [0.15, 0.2) is 48.5 Å². The van der Waals surface area contributed by atoms with Crippen LogP contribution in [0.2, 0.25) is 0 Å². The van der Waals surface area contributed by atoms with Gasteiger partial charge in [-0.2, -0.15) is 0 Å². The SMILES string of the molecule is CCOc1cc([C@H](N)CCC(C)C)ccc1OCc1ccccc1.Cl. The molecule has 0 saturated heterocycles. The minimum Gasteiger partial charge on any atom is -0.490 e. The fraction of sp³-hybridized carbons (Fsp3) is 0.429. The molecule has 2 aromatic carbocycles. The lowest BCUT2D eigenvalue weighted by Gasteiger charge is -2.17. The minimum absolute atomic E-state index is 0. The highest BCUT2D eigenvalue weighted by molar-refractivity contribution is 5.85. The summed E-state index contributed by atoms with van der Waals surface area (Å²) in [6.45, 7) is 7.55. The van der Waals surface area contributed by atoms with Crippen molar-refractivity contribution in [3.05, 3.63) is 59.7 Å². The lowest BCUT2D eigenvalue weighted by molar-refractivity contribution is 0.269. The molecule has 0 fully saturated rings. The first-order valence-electron chi connectivity index (χ1n) is 8.79. The zero-order valence-electron chi connectivity index (χ0n) is 15.4. The quantitative estimate of drug-likeness (QED) is 0.637. The zero-order valence-corrected chi connectivity index (χ0v) is 16.2. The highest BCUT2D eigenvalue weighted by atomic mass is 35.5. The molecular formula is C21H30ClNO2. The van der Waals surface area contributed by atoms with Crippen LogP contribution in [0.5, 0.6) is 11.5 Å². The zero-order chi connectivity index (χ0) is 17.4. The van der Waals surface area contributed by atoms with Gasteiger partial charge in [0.25, 0.3) is 0 Å². The van der Waals surface area contributed by atoms with E-state index < -0.39 is 0 Å². The van der Waals surface area contributed by atoms with E-state index in [-0.39, 0.29) is 18.4 Å². The van der Waals surface area contributed by atoms with Crippen molar-refractivity contribution in [2.75, 3.05) is 6.61 Å². The molecule has 0 unspecified atom stereocenters. The number of nitrogens with two attached hydrogens (primary N) is 1. The van der Waals surface area contributed by atoms with Crippen molar-refractivity contribution in [3.8, 4) is 11.5 Å². The van der Waals surface area contributed by atoms with Gasteiger partial charge in [-0.25, -0.2) is 0 Å². The number of ether oxygens (including phenoxy) is 2. The van der Waals surface area contributed by atoms with E-state index in [1.165, 1.54) is 0 Å². The first kappa shape index (κ1) is 21.3. The van der Waals surface area contributed by atoms with E-state index in [4.69, 9.17) is 15.2 Å². The van der Waals surface area contributed by atoms with Gasteiger partial charge in [0.1, 0.15) is 6.61 Å². The number of hydrogen-bond donors (Lipinski definition) is 1. The van der Waals surface area contributed by atoms with Crippen LogP contribution in [-0.2, 0) is 6.61 Å². The van der Waals surface area contributed by atoms with Crippen LogP contribution in [0.4, 0.5) is 0 Å². The summed E-state index contributed by atoms with van der Waals surface area (Å²) in [4.78, 5) is 0. The second-order valence-electron chi connectivity index (χ2n) is 6.49. The van der Waals surface area contributed by atoms with Crippen LogP contribution in [0.3, 0.4) is 0 Å². The summed E-state index contributed by atoms with van der Waals surface area (Å²) in [5.41, 5.74) is 8.57. The van der Waals surface area contributed by atoms with Gasteiger partial charge in [0.15, 0.2) is 11.5 Å². The first-order chi connectivity index (χ1) is 11.6. The van der Waals surface area contributed by atoms with Crippen LogP contribution in [0, 0.1) is 5.92 Å². The van der Waals surface area contributed by atoms with Gasteiger partial charge < -0.3 is 15.2 Å². The number of hydrogen-bond acceptors (Lipinski definition) is 3. The minimum atomic E-state index is 0.